The van der Waals surface area contributed by atoms with Crippen LogP contribution in [0.2, 0.25) is 0 Å². The predicted octanol–water partition coefficient (Wildman–Crippen LogP) is -0.639. The van der Waals surface area contributed by atoms with E-state index in [1.807, 2.05) is 0 Å². The Hall–Kier alpha value is -0.420. The lowest BCUT2D eigenvalue weighted by Crippen LogP contribution is -2.46. The van der Waals surface area contributed by atoms with Gasteiger partial charge >= 0.3 is 0 Å². The zero-order chi connectivity index (χ0) is 9.84. The highest BCUT2D eigenvalue weighted by atomic mass is 32.2. The fourth-order valence-electron chi connectivity index (χ4n) is 1.27. The Morgan fingerprint density at radius 2 is 2.08 bits per heavy atom. The largest absolute Gasteiger partial charge is 0.352 e. The fourth-order valence-corrected chi connectivity index (χ4v) is 2.57. The molecule has 1 amide bonds. The molecule has 1 saturated heterocycles. The average molecular weight is 204 g/mol. The number of carbonyl (C=O) groups excluding carboxylic acids is 1. The molecule has 4 nitrogen and oxygen atoms in total. The van der Waals surface area contributed by atoms with E-state index in [9.17, 15) is 9.00 Å². The van der Waals surface area contributed by atoms with Crippen LogP contribution >= 0.6 is 0 Å². The second-order valence-corrected chi connectivity index (χ2v) is 5.12. The Balaban J connectivity index is 2.30. The molecule has 1 rings (SSSR count). The van der Waals surface area contributed by atoms with Gasteiger partial charge in [0.1, 0.15) is 0 Å². The molecule has 0 aliphatic carbocycles. The van der Waals surface area contributed by atoms with Crippen molar-refractivity contribution in [3.05, 3.63) is 0 Å². The lowest BCUT2D eigenvalue weighted by atomic mass is 10.1. The van der Waals surface area contributed by atoms with Crippen molar-refractivity contribution in [3.63, 3.8) is 0 Å². The maximum absolute atomic E-state index is 11.2. The summed E-state index contributed by atoms with van der Waals surface area (Å²) in [6, 6.07) is -0.274. The van der Waals surface area contributed by atoms with Crippen molar-refractivity contribution in [1.29, 1.82) is 0 Å². The van der Waals surface area contributed by atoms with E-state index in [4.69, 9.17) is 5.73 Å². The summed E-state index contributed by atoms with van der Waals surface area (Å²) in [6.45, 7) is 1.66. The molecule has 1 atom stereocenters. The molecule has 0 radical (unpaired) electrons. The van der Waals surface area contributed by atoms with E-state index < -0.39 is 16.8 Å². The van der Waals surface area contributed by atoms with Crippen LogP contribution in [0.4, 0.5) is 0 Å². The summed E-state index contributed by atoms with van der Waals surface area (Å²) in [5.74, 6) is 1.28. The number of hydrogen-bond acceptors (Lipinski definition) is 3. The van der Waals surface area contributed by atoms with E-state index in [0.717, 1.165) is 12.8 Å². The third kappa shape index (κ3) is 3.44. The summed E-state index contributed by atoms with van der Waals surface area (Å²) in [5, 5.41) is 2.84. The molecule has 0 aromatic rings. The second kappa shape index (κ2) is 4.72. The van der Waals surface area contributed by atoms with Crippen molar-refractivity contribution in [2.75, 3.05) is 11.5 Å². The molecule has 1 unspecified atom stereocenters. The smallest absolute Gasteiger partial charge is 0.236 e. The highest BCUT2D eigenvalue weighted by molar-refractivity contribution is 7.85. The van der Waals surface area contributed by atoms with Gasteiger partial charge in [0.2, 0.25) is 5.91 Å². The number of nitrogens with one attached hydrogen (secondary N) is 1. The van der Waals surface area contributed by atoms with Gasteiger partial charge < -0.3 is 11.1 Å². The van der Waals surface area contributed by atoms with Crippen LogP contribution < -0.4 is 11.1 Å². The van der Waals surface area contributed by atoms with Gasteiger partial charge in [0, 0.05) is 28.3 Å². The van der Waals surface area contributed by atoms with Crippen LogP contribution in [0.15, 0.2) is 0 Å². The van der Waals surface area contributed by atoms with E-state index in [0.29, 0.717) is 11.5 Å². The maximum atomic E-state index is 11.2. The summed E-state index contributed by atoms with van der Waals surface area (Å²) in [7, 11) is -0.669. The van der Waals surface area contributed by atoms with Crippen molar-refractivity contribution in [1.82, 2.24) is 5.32 Å². The van der Waals surface area contributed by atoms with Crippen LogP contribution in [0.1, 0.15) is 19.8 Å². The molecule has 5 heteroatoms. The van der Waals surface area contributed by atoms with E-state index >= 15 is 0 Å². The van der Waals surface area contributed by atoms with Crippen LogP contribution in [0, 0.1) is 0 Å². The molecule has 1 aliphatic heterocycles. The average Bonchev–Trinajstić information content (AvgIpc) is 2.08. The zero-order valence-corrected chi connectivity index (χ0v) is 8.60. The highest BCUT2D eigenvalue weighted by Gasteiger charge is 2.20. The van der Waals surface area contributed by atoms with Crippen molar-refractivity contribution < 1.29 is 9.00 Å². The van der Waals surface area contributed by atoms with Crippen LogP contribution in [0.25, 0.3) is 0 Å². The van der Waals surface area contributed by atoms with Gasteiger partial charge in [-0.05, 0) is 19.8 Å². The standard InChI is InChI=1S/C8H16N2O2S/c1-6(9)8(11)10-7-2-4-13(12)5-3-7/h6-7H,2-5,9H2,1H3,(H,10,11). The fraction of sp³-hybridized carbons (Fsp3) is 0.875. The molecule has 0 bridgehead atoms. The molecule has 0 saturated carbocycles. The van der Waals surface area contributed by atoms with E-state index in [-0.39, 0.29) is 11.9 Å². The monoisotopic (exact) mass is 204 g/mol. The second-order valence-electron chi connectivity index (χ2n) is 3.42. The minimum absolute atomic E-state index is 0.113. The molecule has 0 aromatic carbocycles. The summed E-state index contributed by atoms with van der Waals surface area (Å²) in [4.78, 5) is 11.2. The molecule has 0 aromatic heterocycles. The van der Waals surface area contributed by atoms with Gasteiger partial charge in [-0.15, -0.1) is 0 Å². The van der Waals surface area contributed by atoms with E-state index in [1.165, 1.54) is 0 Å². The lowest BCUT2D eigenvalue weighted by Gasteiger charge is -2.23. The number of hydrogen-bond donors (Lipinski definition) is 2. The first-order chi connectivity index (χ1) is 6.09. The molecule has 1 heterocycles. The van der Waals surface area contributed by atoms with Crippen molar-refractivity contribution in [3.8, 4) is 0 Å². The summed E-state index contributed by atoms with van der Waals surface area (Å²) >= 11 is 0. The Morgan fingerprint density at radius 3 is 2.54 bits per heavy atom. The number of amides is 1. The normalized spacial score (nSPS) is 30.9. The van der Waals surface area contributed by atoms with E-state index in [2.05, 4.69) is 5.32 Å². The number of nitrogens with two attached hydrogens (primary N) is 1. The number of carbonyl (C=O) groups is 1. The van der Waals surface area contributed by atoms with Crippen LogP contribution in [0.5, 0.6) is 0 Å². The van der Waals surface area contributed by atoms with E-state index in [1.54, 1.807) is 6.92 Å². The summed E-state index contributed by atoms with van der Waals surface area (Å²) in [6.07, 6.45) is 1.62. The van der Waals surface area contributed by atoms with Gasteiger partial charge in [-0.25, -0.2) is 0 Å². The Kier molecular flexibility index (Phi) is 3.87. The molecular weight excluding hydrogens is 188 g/mol. The highest BCUT2D eigenvalue weighted by Crippen LogP contribution is 2.08. The SMILES string of the molecule is CC(N)C(=O)NC1CCS(=O)CC1. The zero-order valence-electron chi connectivity index (χ0n) is 7.79. The molecule has 13 heavy (non-hydrogen) atoms. The predicted molar refractivity (Wildman–Crippen MR) is 52.7 cm³/mol. The first-order valence-electron chi connectivity index (χ1n) is 4.50. The molecule has 1 aliphatic rings. The van der Waals surface area contributed by atoms with Gasteiger partial charge in [0.25, 0.3) is 0 Å². The third-order valence-corrected chi connectivity index (χ3v) is 3.53. The molecule has 1 fully saturated rings. The molecule has 76 valence electrons. The summed E-state index contributed by atoms with van der Waals surface area (Å²) in [5.41, 5.74) is 5.41. The van der Waals surface area contributed by atoms with Crippen LogP contribution in [-0.2, 0) is 15.6 Å². The van der Waals surface area contributed by atoms with Gasteiger partial charge in [0.15, 0.2) is 0 Å². The van der Waals surface area contributed by atoms with Crippen LogP contribution in [-0.4, -0.2) is 33.7 Å². The Bertz CT molecular complexity index is 208. The van der Waals surface area contributed by atoms with Gasteiger partial charge in [-0.1, -0.05) is 0 Å². The first kappa shape index (κ1) is 10.7. The van der Waals surface area contributed by atoms with Gasteiger partial charge in [-0.2, -0.15) is 0 Å². The van der Waals surface area contributed by atoms with Crippen molar-refractivity contribution >= 4 is 16.7 Å². The van der Waals surface area contributed by atoms with Crippen LogP contribution in [0.3, 0.4) is 0 Å². The molecule has 0 spiro atoms. The maximum Gasteiger partial charge on any atom is 0.236 e. The topological polar surface area (TPSA) is 72.2 Å². The quantitative estimate of drug-likeness (QED) is 0.628. The molecular formula is C8H16N2O2S. The van der Waals surface area contributed by atoms with Gasteiger partial charge in [0.05, 0.1) is 6.04 Å². The third-order valence-electron chi connectivity index (χ3n) is 2.15. The van der Waals surface area contributed by atoms with Gasteiger partial charge in [-0.3, -0.25) is 9.00 Å². The minimum Gasteiger partial charge on any atom is -0.352 e. The summed E-state index contributed by atoms with van der Waals surface area (Å²) < 4.78 is 11.0. The Morgan fingerprint density at radius 1 is 1.54 bits per heavy atom. The number of rotatable bonds is 2. The Labute approximate surface area is 80.7 Å². The van der Waals surface area contributed by atoms with Crippen molar-refractivity contribution in [2.24, 2.45) is 5.73 Å². The first-order valence-corrected chi connectivity index (χ1v) is 5.99. The molecule has 3 N–H and O–H groups in total. The minimum atomic E-state index is -0.669. The van der Waals surface area contributed by atoms with Crippen molar-refractivity contribution in [2.45, 2.75) is 31.8 Å². The lowest BCUT2D eigenvalue weighted by molar-refractivity contribution is -0.122.